The molecule has 1 amide bonds. The molecule has 2 aromatic rings. The van der Waals surface area contributed by atoms with Crippen molar-refractivity contribution in [2.45, 2.75) is 19.9 Å². The lowest BCUT2D eigenvalue weighted by molar-refractivity contribution is -0.140. The molecular formula is C22H28N4O5. The van der Waals surface area contributed by atoms with Crippen molar-refractivity contribution in [3.8, 4) is 11.5 Å². The van der Waals surface area contributed by atoms with E-state index in [1.807, 2.05) is 19.0 Å². The molecular weight excluding hydrogens is 400 g/mol. The summed E-state index contributed by atoms with van der Waals surface area (Å²) in [6.45, 7) is 4.31. The van der Waals surface area contributed by atoms with Crippen LogP contribution in [-0.2, 0) is 9.59 Å². The number of H-pyrrole nitrogens is 1. The second-order valence-corrected chi connectivity index (χ2v) is 7.69. The van der Waals surface area contributed by atoms with Gasteiger partial charge in [-0.2, -0.15) is 5.10 Å². The molecule has 1 unspecified atom stereocenters. The lowest BCUT2D eigenvalue weighted by Crippen LogP contribution is -2.35. The van der Waals surface area contributed by atoms with Crippen molar-refractivity contribution >= 4 is 17.4 Å². The van der Waals surface area contributed by atoms with Gasteiger partial charge in [-0.25, -0.2) is 0 Å². The van der Waals surface area contributed by atoms with Crippen molar-refractivity contribution in [3.63, 3.8) is 0 Å². The van der Waals surface area contributed by atoms with Gasteiger partial charge in [0.25, 0.3) is 11.7 Å². The molecule has 2 heterocycles. The molecule has 1 aromatic carbocycles. The number of rotatable bonds is 7. The van der Waals surface area contributed by atoms with E-state index in [4.69, 9.17) is 9.47 Å². The number of carbonyl (C=O) groups excluding carboxylic acids is 2. The zero-order valence-electron chi connectivity index (χ0n) is 18.6. The van der Waals surface area contributed by atoms with Crippen LogP contribution >= 0.6 is 0 Å². The minimum absolute atomic E-state index is 0.00269. The number of aromatic nitrogens is 2. The van der Waals surface area contributed by atoms with Gasteiger partial charge in [0, 0.05) is 24.3 Å². The van der Waals surface area contributed by atoms with Crippen molar-refractivity contribution in [1.29, 1.82) is 0 Å². The molecule has 1 aliphatic heterocycles. The summed E-state index contributed by atoms with van der Waals surface area (Å²) in [5, 5.41) is 18.1. The Labute approximate surface area is 181 Å². The lowest BCUT2D eigenvalue weighted by Gasteiger charge is -2.28. The van der Waals surface area contributed by atoms with Crippen LogP contribution in [0.15, 0.2) is 23.8 Å². The molecule has 1 atom stereocenters. The number of nitrogens with zero attached hydrogens (tertiary/aromatic N) is 3. The minimum atomic E-state index is -0.835. The third kappa shape index (κ3) is 3.88. The van der Waals surface area contributed by atoms with E-state index in [-0.39, 0.29) is 11.3 Å². The van der Waals surface area contributed by atoms with Gasteiger partial charge >= 0.3 is 0 Å². The molecule has 2 N–H and O–H groups in total. The van der Waals surface area contributed by atoms with Gasteiger partial charge < -0.3 is 24.4 Å². The van der Waals surface area contributed by atoms with Crippen LogP contribution in [0.25, 0.3) is 5.76 Å². The predicted molar refractivity (Wildman–Crippen MR) is 115 cm³/mol. The minimum Gasteiger partial charge on any atom is -0.507 e. The molecule has 166 valence electrons. The summed E-state index contributed by atoms with van der Waals surface area (Å²) >= 11 is 0. The zero-order chi connectivity index (χ0) is 22.9. The molecule has 0 radical (unpaired) electrons. The number of likely N-dealkylation sites (tertiary alicyclic amines) is 1. The van der Waals surface area contributed by atoms with Crippen LogP contribution in [0.4, 0.5) is 0 Å². The Morgan fingerprint density at radius 2 is 1.94 bits per heavy atom. The Morgan fingerprint density at radius 3 is 2.48 bits per heavy atom. The average molecular weight is 428 g/mol. The molecule has 1 saturated heterocycles. The molecule has 3 rings (SSSR count). The fourth-order valence-electron chi connectivity index (χ4n) is 3.90. The van der Waals surface area contributed by atoms with Crippen molar-refractivity contribution in [1.82, 2.24) is 20.0 Å². The van der Waals surface area contributed by atoms with E-state index in [1.165, 1.54) is 19.1 Å². The third-order valence-corrected chi connectivity index (χ3v) is 5.42. The number of ketones is 1. The summed E-state index contributed by atoms with van der Waals surface area (Å²) in [4.78, 5) is 29.5. The highest BCUT2D eigenvalue weighted by Crippen LogP contribution is 2.45. The third-order valence-electron chi connectivity index (χ3n) is 5.42. The van der Waals surface area contributed by atoms with Gasteiger partial charge in [-0.05, 0) is 34.0 Å². The highest BCUT2D eigenvalue weighted by atomic mass is 16.5. The van der Waals surface area contributed by atoms with Crippen LogP contribution < -0.4 is 9.47 Å². The van der Waals surface area contributed by atoms with Crippen LogP contribution in [0.2, 0.25) is 0 Å². The summed E-state index contributed by atoms with van der Waals surface area (Å²) in [5.74, 6) is -0.806. The molecule has 0 bridgehead atoms. The second-order valence-electron chi connectivity index (χ2n) is 7.69. The predicted octanol–water partition coefficient (Wildman–Crippen LogP) is 2.03. The number of para-hydroxylation sites is 1. The Kier molecular flexibility index (Phi) is 6.35. The van der Waals surface area contributed by atoms with Crippen LogP contribution in [0.5, 0.6) is 11.5 Å². The first-order valence-electron chi connectivity index (χ1n) is 9.88. The van der Waals surface area contributed by atoms with Crippen molar-refractivity contribution in [2.24, 2.45) is 0 Å². The van der Waals surface area contributed by atoms with Gasteiger partial charge in [-0.15, -0.1) is 0 Å². The molecule has 1 aromatic heterocycles. The lowest BCUT2D eigenvalue weighted by atomic mass is 9.94. The van der Waals surface area contributed by atoms with Gasteiger partial charge in [-0.3, -0.25) is 14.7 Å². The number of hydrogen-bond donors (Lipinski definition) is 2. The number of aryl methyl sites for hydroxylation is 2. The normalized spacial score (nSPS) is 18.2. The number of amides is 1. The van der Waals surface area contributed by atoms with Crippen LogP contribution in [0.3, 0.4) is 0 Å². The first-order valence-corrected chi connectivity index (χ1v) is 9.88. The van der Waals surface area contributed by atoms with Gasteiger partial charge in [0.05, 0.1) is 37.1 Å². The largest absolute Gasteiger partial charge is 0.507 e. The molecule has 0 saturated carbocycles. The first-order chi connectivity index (χ1) is 14.7. The number of aromatic amines is 1. The van der Waals surface area contributed by atoms with Crippen LogP contribution in [0.1, 0.15) is 28.6 Å². The van der Waals surface area contributed by atoms with Crippen LogP contribution in [-0.4, -0.2) is 78.2 Å². The Bertz CT molecular complexity index is 1020. The maximum atomic E-state index is 13.1. The molecule has 1 aliphatic rings. The van der Waals surface area contributed by atoms with Gasteiger partial charge in [-0.1, -0.05) is 12.1 Å². The van der Waals surface area contributed by atoms with Gasteiger partial charge in [0.2, 0.25) is 0 Å². The van der Waals surface area contributed by atoms with E-state index < -0.39 is 17.7 Å². The fourth-order valence-corrected chi connectivity index (χ4v) is 3.90. The molecule has 0 aliphatic carbocycles. The Balaban J connectivity index is 2.28. The van der Waals surface area contributed by atoms with E-state index >= 15 is 0 Å². The molecule has 0 spiro atoms. The van der Waals surface area contributed by atoms with Crippen molar-refractivity contribution < 1.29 is 24.2 Å². The number of carbonyl (C=O) groups is 2. The summed E-state index contributed by atoms with van der Waals surface area (Å²) in [6.07, 6.45) is 0. The number of ether oxygens (including phenoxy) is 2. The molecule has 1 fully saturated rings. The summed E-state index contributed by atoms with van der Waals surface area (Å²) < 4.78 is 11.0. The maximum Gasteiger partial charge on any atom is 0.295 e. The summed E-state index contributed by atoms with van der Waals surface area (Å²) in [6, 6.07) is 4.43. The number of Topliss-reactive ketones (excluding diaryl/α,β-unsaturated/α-hetero) is 1. The van der Waals surface area contributed by atoms with Crippen molar-refractivity contribution in [2.75, 3.05) is 41.4 Å². The quantitative estimate of drug-likeness (QED) is 0.395. The number of methoxy groups -OCH3 is 2. The second kappa shape index (κ2) is 8.81. The SMILES string of the molecule is COc1cccc(C2/C(=C(\O)c3c(C)n[nH]c3C)C(=O)C(=O)N2CCN(C)C)c1OC. The van der Waals surface area contributed by atoms with Crippen molar-refractivity contribution in [3.05, 3.63) is 46.3 Å². The monoisotopic (exact) mass is 428 g/mol. The van der Waals surface area contributed by atoms with E-state index in [0.29, 0.717) is 47.1 Å². The number of nitrogens with one attached hydrogen (secondary N) is 1. The number of aliphatic hydroxyl groups excluding tert-OH is 1. The molecule has 9 nitrogen and oxygen atoms in total. The number of hydrogen-bond acceptors (Lipinski definition) is 7. The zero-order valence-corrected chi connectivity index (χ0v) is 18.6. The van der Waals surface area contributed by atoms with Gasteiger partial charge in [0.1, 0.15) is 5.76 Å². The maximum absolute atomic E-state index is 13.1. The van der Waals surface area contributed by atoms with Crippen LogP contribution in [0, 0.1) is 13.8 Å². The van der Waals surface area contributed by atoms with E-state index in [1.54, 1.807) is 32.0 Å². The standard InChI is InChI=1S/C22H28N4O5/c1-12-16(13(2)24-23-12)19(27)17-18(14-8-7-9-15(30-5)21(14)31-6)26(11-10-25(3)4)22(29)20(17)28/h7-9,18,27H,10-11H2,1-6H3,(H,23,24)/b19-17+. The molecule has 9 heteroatoms. The highest BCUT2D eigenvalue weighted by molar-refractivity contribution is 6.46. The number of aliphatic hydroxyl groups is 1. The highest BCUT2D eigenvalue weighted by Gasteiger charge is 2.47. The summed E-state index contributed by atoms with van der Waals surface area (Å²) in [5.41, 5.74) is 2.11. The average Bonchev–Trinajstić information content (AvgIpc) is 3.21. The Morgan fingerprint density at radius 1 is 1.23 bits per heavy atom. The Hall–Kier alpha value is -3.33. The fraction of sp³-hybridized carbons (Fsp3) is 0.409. The number of benzene rings is 1. The van der Waals surface area contributed by atoms with Gasteiger partial charge in [0.15, 0.2) is 11.5 Å². The smallest absolute Gasteiger partial charge is 0.295 e. The topological polar surface area (TPSA) is 108 Å². The van der Waals surface area contributed by atoms with E-state index in [0.717, 1.165) is 0 Å². The van der Waals surface area contributed by atoms with E-state index in [2.05, 4.69) is 10.2 Å². The van der Waals surface area contributed by atoms with E-state index in [9.17, 15) is 14.7 Å². The first kappa shape index (κ1) is 22.4. The molecule has 31 heavy (non-hydrogen) atoms. The summed E-state index contributed by atoms with van der Waals surface area (Å²) in [7, 11) is 6.78. The number of likely N-dealkylation sites (N-methyl/N-ethyl adjacent to an activating group) is 1.